The Kier molecular flexibility index (Phi) is 9.50. The molecule has 0 radical (unpaired) electrons. The molecular weight excluding hydrogens is 268 g/mol. The molecule has 1 heterocycles. The van der Waals surface area contributed by atoms with Crippen molar-refractivity contribution >= 4 is 0 Å². The molecule has 0 saturated carbocycles. The van der Waals surface area contributed by atoms with Crippen LogP contribution < -0.4 is 4.57 Å². The van der Waals surface area contributed by atoms with Crippen molar-refractivity contribution in [3.8, 4) is 0 Å². The van der Waals surface area contributed by atoms with Crippen molar-refractivity contribution in [1.29, 1.82) is 0 Å². The summed E-state index contributed by atoms with van der Waals surface area (Å²) in [7, 11) is 0. The molecule has 0 aliphatic rings. The molecular formula is C20H39N2+. The van der Waals surface area contributed by atoms with Crippen LogP contribution in [-0.2, 0) is 6.54 Å². The number of hydrogen-bond donors (Lipinski definition) is 0. The summed E-state index contributed by atoms with van der Waals surface area (Å²) in [6.07, 6.45) is 17.2. The lowest BCUT2D eigenvalue weighted by atomic mass is 10.1. The number of aromatic nitrogens is 2. The van der Waals surface area contributed by atoms with E-state index in [0.717, 1.165) is 0 Å². The Balaban J connectivity index is 2.25. The third-order valence-corrected chi connectivity index (χ3v) is 4.54. The zero-order valence-electron chi connectivity index (χ0n) is 15.8. The number of aryl methyl sites for hydroxylation is 1. The molecule has 0 atom stereocenters. The first kappa shape index (κ1) is 19.3. The van der Waals surface area contributed by atoms with Gasteiger partial charge in [-0.1, -0.05) is 65.7 Å². The zero-order valence-corrected chi connectivity index (χ0v) is 15.8. The molecule has 2 heteroatoms. The first-order valence-corrected chi connectivity index (χ1v) is 9.68. The maximum atomic E-state index is 2.48. The molecule has 0 amide bonds. The summed E-state index contributed by atoms with van der Waals surface area (Å²) in [4.78, 5) is 0. The Labute approximate surface area is 138 Å². The minimum Gasteiger partial charge on any atom is -0.234 e. The van der Waals surface area contributed by atoms with Crippen LogP contribution >= 0.6 is 0 Å². The maximum absolute atomic E-state index is 2.48. The Hall–Kier alpha value is -0.790. The number of unbranched alkanes of at least 4 members (excludes halogenated alkanes) is 8. The normalized spacial score (nSPS) is 11.8. The van der Waals surface area contributed by atoms with Gasteiger partial charge in [0.15, 0.2) is 0 Å². The zero-order chi connectivity index (χ0) is 16.4. The summed E-state index contributed by atoms with van der Waals surface area (Å²) in [6, 6.07) is 0.557. The van der Waals surface area contributed by atoms with Crippen molar-refractivity contribution < 1.29 is 4.57 Å². The third-order valence-electron chi connectivity index (χ3n) is 4.54. The molecule has 2 nitrogen and oxygen atoms in total. The van der Waals surface area contributed by atoms with E-state index < -0.39 is 0 Å². The van der Waals surface area contributed by atoms with Crippen LogP contribution in [0.15, 0.2) is 12.4 Å². The van der Waals surface area contributed by atoms with Gasteiger partial charge < -0.3 is 0 Å². The van der Waals surface area contributed by atoms with E-state index in [2.05, 4.69) is 56.1 Å². The van der Waals surface area contributed by atoms with E-state index in [1.807, 2.05) is 0 Å². The average molecular weight is 308 g/mol. The highest BCUT2D eigenvalue weighted by Crippen LogP contribution is 2.16. The molecule has 1 aromatic heterocycles. The van der Waals surface area contributed by atoms with E-state index in [4.69, 9.17) is 0 Å². The van der Waals surface area contributed by atoms with Gasteiger partial charge in [-0.25, -0.2) is 9.13 Å². The van der Waals surface area contributed by atoms with Crippen LogP contribution in [-0.4, -0.2) is 4.57 Å². The highest BCUT2D eigenvalue weighted by molar-refractivity contribution is 4.91. The molecule has 1 aromatic rings. The van der Waals surface area contributed by atoms with E-state index in [0.29, 0.717) is 12.0 Å². The van der Waals surface area contributed by atoms with Crippen LogP contribution in [0.4, 0.5) is 0 Å². The monoisotopic (exact) mass is 307 g/mol. The fourth-order valence-electron chi connectivity index (χ4n) is 3.30. The van der Waals surface area contributed by atoms with Gasteiger partial charge in [-0.05, 0) is 26.7 Å². The van der Waals surface area contributed by atoms with Gasteiger partial charge in [0.1, 0.15) is 12.4 Å². The Morgan fingerprint density at radius 3 is 1.91 bits per heavy atom. The molecule has 0 unspecified atom stereocenters. The highest BCUT2D eigenvalue weighted by Gasteiger charge is 2.21. The van der Waals surface area contributed by atoms with Gasteiger partial charge in [-0.3, -0.25) is 0 Å². The first-order chi connectivity index (χ1) is 10.6. The SMILES string of the molecule is CCCCCCCCCCC[n+]1ccn(C(C)C)c1C(C)C. The van der Waals surface area contributed by atoms with Crippen LogP contribution in [0, 0.1) is 0 Å². The minimum atomic E-state index is 0.557. The number of hydrogen-bond acceptors (Lipinski definition) is 0. The standard InChI is InChI=1S/C20H39N2/c1-6-7-8-9-10-11-12-13-14-15-21-16-17-22(19(4)5)20(21)18(2)3/h16-19H,6-15H2,1-5H3/q+1. The largest absolute Gasteiger partial charge is 0.259 e. The van der Waals surface area contributed by atoms with Gasteiger partial charge in [-0.2, -0.15) is 0 Å². The van der Waals surface area contributed by atoms with Gasteiger partial charge in [0.05, 0.1) is 18.5 Å². The predicted molar refractivity (Wildman–Crippen MR) is 96.3 cm³/mol. The Morgan fingerprint density at radius 1 is 0.864 bits per heavy atom. The molecule has 22 heavy (non-hydrogen) atoms. The quantitative estimate of drug-likeness (QED) is 0.330. The summed E-state index contributed by atoms with van der Waals surface area (Å²) in [5.41, 5.74) is 0. The van der Waals surface area contributed by atoms with E-state index in [1.54, 1.807) is 0 Å². The van der Waals surface area contributed by atoms with Crippen molar-refractivity contribution in [2.45, 2.75) is 111 Å². The van der Waals surface area contributed by atoms with Crippen molar-refractivity contribution in [1.82, 2.24) is 4.57 Å². The minimum absolute atomic E-state index is 0.557. The van der Waals surface area contributed by atoms with Gasteiger partial charge in [0, 0.05) is 0 Å². The fourth-order valence-corrected chi connectivity index (χ4v) is 3.30. The molecule has 0 aromatic carbocycles. The smallest absolute Gasteiger partial charge is 0.234 e. The van der Waals surface area contributed by atoms with Crippen LogP contribution in [0.3, 0.4) is 0 Å². The summed E-state index contributed by atoms with van der Waals surface area (Å²) in [5.74, 6) is 2.07. The molecule has 0 fully saturated rings. The van der Waals surface area contributed by atoms with Crippen molar-refractivity contribution in [3.05, 3.63) is 18.2 Å². The lowest BCUT2D eigenvalue weighted by Crippen LogP contribution is -2.38. The van der Waals surface area contributed by atoms with Crippen molar-refractivity contribution in [2.24, 2.45) is 0 Å². The van der Waals surface area contributed by atoms with Crippen molar-refractivity contribution in [3.63, 3.8) is 0 Å². The molecule has 0 spiro atoms. The molecule has 1 rings (SSSR count). The Bertz CT molecular complexity index is 390. The van der Waals surface area contributed by atoms with Gasteiger partial charge in [-0.15, -0.1) is 0 Å². The maximum Gasteiger partial charge on any atom is 0.259 e. The molecule has 0 N–H and O–H groups in total. The van der Waals surface area contributed by atoms with E-state index in [1.165, 1.54) is 70.2 Å². The van der Waals surface area contributed by atoms with Crippen LogP contribution in [0.5, 0.6) is 0 Å². The fraction of sp³-hybridized carbons (Fsp3) is 0.850. The first-order valence-electron chi connectivity index (χ1n) is 9.68. The summed E-state index contributed by atoms with van der Waals surface area (Å²) >= 11 is 0. The second kappa shape index (κ2) is 10.9. The number of nitrogens with zero attached hydrogens (tertiary/aromatic N) is 2. The second-order valence-electron chi connectivity index (χ2n) is 7.33. The summed E-state index contributed by atoms with van der Waals surface area (Å²) < 4.78 is 4.91. The van der Waals surface area contributed by atoms with Gasteiger partial charge in [0.25, 0.3) is 5.82 Å². The molecule has 128 valence electrons. The van der Waals surface area contributed by atoms with Gasteiger partial charge in [0.2, 0.25) is 0 Å². The third kappa shape index (κ3) is 6.54. The topological polar surface area (TPSA) is 8.81 Å². The van der Waals surface area contributed by atoms with E-state index >= 15 is 0 Å². The molecule has 0 saturated heterocycles. The lowest BCUT2D eigenvalue weighted by Gasteiger charge is -2.10. The van der Waals surface area contributed by atoms with Crippen molar-refractivity contribution in [2.75, 3.05) is 0 Å². The predicted octanol–water partition coefficient (Wildman–Crippen LogP) is 6.01. The summed E-state index contributed by atoms with van der Waals surface area (Å²) in [5, 5.41) is 0. The van der Waals surface area contributed by atoms with E-state index in [9.17, 15) is 0 Å². The Morgan fingerprint density at radius 2 is 1.41 bits per heavy atom. The highest BCUT2D eigenvalue weighted by atomic mass is 15.2. The molecule has 0 aliphatic carbocycles. The molecule has 0 aliphatic heterocycles. The summed E-state index contributed by atoms with van der Waals surface area (Å²) in [6.45, 7) is 12.6. The average Bonchev–Trinajstić information content (AvgIpc) is 2.90. The van der Waals surface area contributed by atoms with Crippen LogP contribution in [0.1, 0.15) is 110 Å². The molecule has 0 bridgehead atoms. The number of imidazole rings is 1. The lowest BCUT2D eigenvalue weighted by molar-refractivity contribution is -0.705. The van der Waals surface area contributed by atoms with Gasteiger partial charge >= 0.3 is 0 Å². The second-order valence-corrected chi connectivity index (χ2v) is 7.33. The van der Waals surface area contributed by atoms with Crippen LogP contribution in [0.25, 0.3) is 0 Å². The van der Waals surface area contributed by atoms with Crippen LogP contribution in [0.2, 0.25) is 0 Å². The number of rotatable bonds is 12. The van der Waals surface area contributed by atoms with E-state index in [-0.39, 0.29) is 0 Å².